The average molecular weight is 394 g/mol. The smallest absolute Gasteiger partial charge is 0.333 e. The molecule has 0 saturated carbocycles. The molecule has 0 bridgehead atoms. The molecule has 0 saturated heterocycles. The Morgan fingerprint density at radius 3 is 2.30 bits per heavy atom. The van der Waals surface area contributed by atoms with Crippen LogP contribution < -0.4 is 19.5 Å². The summed E-state index contributed by atoms with van der Waals surface area (Å²) < 4.78 is 51.3. The SMILES string of the molecule is CCC1(CC)Oc2ccc(S(=O)(=O)NC(=O)Nc3ccc(F)cc3)cc2O1. The van der Waals surface area contributed by atoms with Gasteiger partial charge in [-0.05, 0) is 36.4 Å². The summed E-state index contributed by atoms with van der Waals surface area (Å²) in [5, 5.41) is 2.33. The van der Waals surface area contributed by atoms with Crippen LogP contribution in [0.5, 0.6) is 11.5 Å². The van der Waals surface area contributed by atoms with Gasteiger partial charge in [0, 0.05) is 24.6 Å². The highest BCUT2D eigenvalue weighted by molar-refractivity contribution is 7.90. The predicted molar refractivity (Wildman–Crippen MR) is 96.8 cm³/mol. The number of urea groups is 1. The van der Waals surface area contributed by atoms with Crippen LogP contribution in [0.3, 0.4) is 0 Å². The first-order chi connectivity index (χ1) is 12.8. The number of hydrogen-bond acceptors (Lipinski definition) is 5. The molecular formula is C18H19FN2O5S. The number of carbonyl (C=O) groups is 1. The van der Waals surface area contributed by atoms with Crippen molar-refractivity contribution in [3.8, 4) is 11.5 Å². The van der Waals surface area contributed by atoms with Gasteiger partial charge < -0.3 is 14.8 Å². The van der Waals surface area contributed by atoms with E-state index in [0.29, 0.717) is 24.3 Å². The Hall–Kier alpha value is -2.81. The second-order valence-electron chi connectivity index (χ2n) is 6.00. The first-order valence-electron chi connectivity index (χ1n) is 8.38. The Bertz CT molecular complexity index is 956. The third-order valence-electron chi connectivity index (χ3n) is 4.22. The first-order valence-corrected chi connectivity index (χ1v) is 9.87. The Morgan fingerprint density at radius 1 is 1.04 bits per heavy atom. The van der Waals surface area contributed by atoms with E-state index in [4.69, 9.17) is 9.47 Å². The van der Waals surface area contributed by atoms with E-state index in [-0.39, 0.29) is 10.6 Å². The van der Waals surface area contributed by atoms with Gasteiger partial charge >= 0.3 is 6.03 Å². The largest absolute Gasteiger partial charge is 0.448 e. The standard InChI is InChI=1S/C18H19FN2O5S/c1-3-18(4-2)25-15-10-9-14(11-16(15)26-18)27(23,24)21-17(22)20-13-7-5-12(19)6-8-13/h5-11H,3-4H2,1-2H3,(H2,20,21,22). The van der Waals surface area contributed by atoms with Crippen molar-refractivity contribution in [3.05, 3.63) is 48.3 Å². The van der Waals surface area contributed by atoms with Crippen LogP contribution in [0.1, 0.15) is 26.7 Å². The van der Waals surface area contributed by atoms with Gasteiger partial charge in [0.15, 0.2) is 11.5 Å². The van der Waals surface area contributed by atoms with E-state index < -0.39 is 27.7 Å². The lowest BCUT2D eigenvalue weighted by atomic mass is 10.1. The molecule has 1 heterocycles. The highest BCUT2D eigenvalue weighted by Crippen LogP contribution is 2.43. The van der Waals surface area contributed by atoms with Crippen molar-refractivity contribution in [2.75, 3.05) is 5.32 Å². The van der Waals surface area contributed by atoms with Crippen molar-refractivity contribution in [2.24, 2.45) is 0 Å². The third kappa shape index (κ3) is 3.97. The molecule has 27 heavy (non-hydrogen) atoms. The molecule has 0 aromatic heterocycles. The van der Waals surface area contributed by atoms with Crippen LogP contribution in [0.4, 0.5) is 14.9 Å². The number of carbonyl (C=O) groups excluding carboxylic acids is 1. The van der Waals surface area contributed by atoms with Crippen LogP contribution in [0.25, 0.3) is 0 Å². The maximum Gasteiger partial charge on any atom is 0.333 e. The van der Waals surface area contributed by atoms with Crippen molar-refractivity contribution < 1.29 is 27.1 Å². The lowest BCUT2D eigenvalue weighted by Crippen LogP contribution is -2.36. The highest BCUT2D eigenvalue weighted by atomic mass is 32.2. The molecule has 9 heteroatoms. The molecule has 0 unspecified atom stereocenters. The van der Waals surface area contributed by atoms with Gasteiger partial charge in [0.1, 0.15) is 5.82 Å². The zero-order valence-corrected chi connectivity index (χ0v) is 15.6. The molecule has 2 aromatic rings. The molecule has 3 rings (SSSR count). The van der Waals surface area contributed by atoms with E-state index in [2.05, 4.69) is 5.32 Å². The van der Waals surface area contributed by atoms with Gasteiger partial charge in [-0.2, -0.15) is 0 Å². The molecule has 0 fully saturated rings. The number of halogens is 1. The van der Waals surface area contributed by atoms with Gasteiger partial charge in [-0.1, -0.05) is 13.8 Å². The minimum Gasteiger partial charge on any atom is -0.448 e. The van der Waals surface area contributed by atoms with Crippen LogP contribution in [0, 0.1) is 5.82 Å². The molecule has 2 aromatic carbocycles. The number of nitrogens with one attached hydrogen (secondary N) is 2. The monoisotopic (exact) mass is 394 g/mol. The summed E-state index contributed by atoms with van der Waals surface area (Å²) in [6.07, 6.45) is 1.19. The molecule has 0 aliphatic carbocycles. The summed E-state index contributed by atoms with van der Waals surface area (Å²) in [6.45, 7) is 3.82. The number of benzene rings is 2. The number of hydrogen-bond donors (Lipinski definition) is 2. The van der Waals surface area contributed by atoms with E-state index >= 15 is 0 Å². The fraction of sp³-hybridized carbons (Fsp3) is 0.278. The average Bonchev–Trinajstić information content (AvgIpc) is 3.02. The van der Waals surface area contributed by atoms with Crippen molar-refractivity contribution in [2.45, 2.75) is 37.4 Å². The number of rotatable bonds is 5. The van der Waals surface area contributed by atoms with E-state index in [1.165, 1.54) is 30.3 Å². The summed E-state index contributed by atoms with van der Waals surface area (Å²) in [4.78, 5) is 11.8. The van der Waals surface area contributed by atoms with E-state index in [0.717, 1.165) is 12.1 Å². The molecule has 0 radical (unpaired) electrons. The zero-order chi connectivity index (χ0) is 19.7. The Morgan fingerprint density at radius 2 is 1.67 bits per heavy atom. The Labute approximate surface area is 156 Å². The summed E-state index contributed by atoms with van der Waals surface area (Å²) in [5.41, 5.74) is 0.255. The number of ether oxygens (including phenoxy) is 2. The van der Waals surface area contributed by atoms with Gasteiger partial charge in [0.25, 0.3) is 15.8 Å². The maximum absolute atomic E-state index is 12.9. The van der Waals surface area contributed by atoms with Crippen LogP contribution in [-0.4, -0.2) is 20.2 Å². The number of fused-ring (bicyclic) bond motifs is 1. The Balaban J connectivity index is 1.74. The molecule has 2 amide bonds. The second kappa shape index (κ2) is 7.07. The van der Waals surface area contributed by atoms with Crippen LogP contribution in [0.15, 0.2) is 47.4 Å². The number of amides is 2. The summed E-state index contributed by atoms with van der Waals surface area (Å²) in [5.74, 6) is -0.518. The van der Waals surface area contributed by atoms with Gasteiger partial charge in [0.2, 0.25) is 0 Å². The molecule has 1 aliphatic heterocycles. The maximum atomic E-state index is 12.9. The third-order valence-corrected chi connectivity index (χ3v) is 5.55. The fourth-order valence-electron chi connectivity index (χ4n) is 2.65. The molecular weight excluding hydrogens is 375 g/mol. The first kappa shape index (κ1) is 19.0. The summed E-state index contributed by atoms with van der Waals surface area (Å²) >= 11 is 0. The normalized spacial score (nSPS) is 14.6. The minimum atomic E-state index is -4.13. The van der Waals surface area contributed by atoms with Crippen molar-refractivity contribution in [3.63, 3.8) is 0 Å². The molecule has 1 aliphatic rings. The lowest BCUT2D eigenvalue weighted by Gasteiger charge is -2.24. The van der Waals surface area contributed by atoms with Gasteiger partial charge in [-0.15, -0.1) is 0 Å². The highest BCUT2D eigenvalue weighted by Gasteiger charge is 2.38. The van der Waals surface area contributed by atoms with Gasteiger partial charge in [-0.3, -0.25) is 0 Å². The van der Waals surface area contributed by atoms with Crippen molar-refractivity contribution in [1.82, 2.24) is 4.72 Å². The molecule has 2 N–H and O–H groups in total. The lowest BCUT2D eigenvalue weighted by molar-refractivity contribution is -0.0843. The Kier molecular flexibility index (Phi) is 4.97. The van der Waals surface area contributed by atoms with E-state index in [1.807, 2.05) is 18.6 Å². The molecule has 0 spiro atoms. The van der Waals surface area contributed by atoms with Crippen molar-refractivity contribution in [1.29, 1.82) is 0 Å². The number of anilines is 1. The number of sulfonamides is 1. The van der Waals surface area contributed by atoms with Crippen LogP contribution >= 0.6 is 0 Å². The quantitative estimate of drug-likeness (QED) is 0.808. The van der Waals surface area contributed by atoms with Gasteiger partial charge in [-0.25, -0.2) is 22.3 Å². The predicted octanol–water partition coefficient (Wildman–Crippen LogP) is 3.62. The van der Waals surface area contributed by atoms with Crippen LogP contribution in [-0.2, 0) is 10.0 Å². The molecule has 7 nitrogen and oxygen atoms in total. The van der Waals surface area contributed by atoms with Crippen LogP contribution in [0.2, 0.25) is 0 Å². The van der Waals surface area contributed by atoms with Crippen molar-refractivity contribution >= 4 is 21.7 Å². The van der Waals surface area contributed by atoms with Gasteiger partial charge in [0.05, 0.1) is 4.90 Å². The van der Waals surface area contributed by atoms with E-state index in [9.17, 15) is 17.6 Å². The fourth-order valence-corrected chi connectivity index (χ4v) is 3.57. The minimum absolute atomic E-state index is 0.137. The molecule has 0 atom stereocenters. The topological polar surface area (TPSA) is 93.7 Å². The summed E-state index contributed by atoms with van der Waals surface area (Å²) in [6, 6.07) is 8.11. The van der Waals surface area contributed by atoms with E-state index in [1.54, 1.807) is 0 Å². The second-order valence-corrected chi connectivity index (χ2v) is 7.68. The zero-order valence-electron chi connectivity index (χ0n) is 14.8. The molecule has 144 valence electrons. The summed E-state index contributed by atoms with van der Waals surface area (Å²) in [7, 11) is -4.13.